The van der Waals surface area contributed by atoms with Crippen molar-refractivity contribution in [3.05, 3.63) is 57.9 Å². The number of hydrogen-bond donors (Lipinski definition) is 3. The Labute approximate surface area is 228 Å². The number of aromatic nitrogens is 3. The van der Waals surface area contributed by atoms with E-state index in [1.54, 1.807) is 16.7 Å². The van der Waals surface area contributed by atoms with E-state index in [1.807, 2.05) is 41.4 Å². The Bertz CT molecular complexity index is 1480. The molecule has 2 atom stereocenters. The molecule has 4 N–H and O–H groups in total. The Morgan fingerprint density at radius 2 is 2.05 bits per heavy atom. The van der Waals surface area contributed by atoms with Gasteiger partial charge in [0.2, 0.25) is 0 Å². The number of fused-ring (bicyclic) bond motifs is 1. The Kier molecular flexibility index (Phi) is 7.14. The van der Waals surface area contributed by atoms with Crippen molar-refractivity contribution in [3.63, 3.8) is 0 Å². The van der Waals surface area contributed by atoms with E-state index in [-0.39, 0.29) is 22.2 Å². The summed E-state index contributed by atoms with van der Waals surface area (Å²) in [6, 6.07) is 2.93. The Morgan fingerprint density at radius 1 is 1.29 bits per heavy atom. The molecule has 0 unspecified atom stereocenters. The van der Waals surface area contributed by atoms with Gasteiger partial charge < -0.3 is 21.0 Å². The third-order valence-corrected chi connectivity index (χ3v) is 8.85. The number of carbonyl (C=O) groups excluding carboxylic acids is 2. The van der Waals surface area contributed by atoms with Crippen LogP contribution in [0.2, 0.25) is 0 Å². The predicted molar refractivity (Wildman–Crippen MR) is 142 cm³/mol. The second-order valence-electron chi connectivity index (χ2n) is 8.36. The van der Waals surface area contributed by atoms with Crippen LogP contribution in [0.15, 0.2) is 51.7 Å². The summed E-state index contributed by atoms with van der Waals surface area (Å²) in [4.78, 5) is 52.7. The number of nitrogens with two attached hydrogens (primary N) is 1. The van der Waals surface area contributed by atoms with Gasteiger partial charge in [0.05, 0.1) is 0 Å². The number of pyridine rings is 1. The zero-order valence-corrected chi connectivity index (χ0v) is 22.6. The summed E-state index contributed by atoms with van der Waals surface area (Å²) in [5.41, 5.74) is 8.21. The topological polar surface area (TPSA) is 164 Å². The number of nitrogens with zero attached hydrogens (tertiary/aromatic N) is 5. The van der Waals surface area contributed by atoms with Crippen LogP contribution in [-0.2, 0) is 25.8 Å². The average Bonchev–Trinajstić information content (AvgIpc) is 3.53. The molecule has 0 spiro atoms. The minimum atomic E-state index is -1.20. The third kappa shape index (κ3) is 4.87. The number of aliphatic carboxylic acids is 1. The maximum Gasteiger partial charge on any atom is 0.352 e. The van der Waals surface area contributed by atoms with E-state index in [9.17, 15) is 19.5 Å². The van der Waals surface area contributed by atoms with E-state index in [0.717, 1.165) is 27.6 Å². The van der Waals surface area contributed by atoms with Gasteiger partial charge in [-0.25, -0.2) is 19.3 Å². The Morgan fingerprint density at radius 3 is 2.66 bits per heavy atom. The van der Waals surface area contributed by atoms with Crippen molar-refractivity contribution in [2.24, 2.45) is 5.16 Å². The molecule has 5 heterocycles. The molecule has 0 saturated carbocycles. The van der Waals surface area contributed by atoms with Gasteiger partial charge in [-0.2, -0.15) is 0 Å². The van der Waals surface area contributed by atoms with Crippen LogP contribution in [0.25, 0.3) is 10.6 Å². The Hall–Kier alpha value is -3.82. The third-order valence-electron chi connectivity index (χ3n) is 5.83. The van der Waals surface area contributed by atoms with Gasteiger partial charge in [0, 0.05) is 45.5 Å². The van der Waals surface area contributed by atoms with Gasteiger partial charge in [0.1, 0.15) is 34.9 Å². The zero-order chi connectivity index (χ0) is 27.0. The number of amides is 2. The van der Waals surface area contributed by atoms with Gasteiger partial charge in [-0.15, -0.1) is 34.4 Å². The molecule has 3 aromatic heterocycles. The van der Waals surface area contributed by atoms with Crippen molar-refractivity contribution >= 4 is 63.1 Å². The quantitative estimate of drug-likeness (QED) is 0.156. The van der Waals surface area contributed by atoms with Crippen LogP contribution in [0.3, 0.4) is 0 Å². The summed E-state index contributed by atoms with van der Waals surface area (Å²) in [5, 5.41) is 20.5. The van der Waals surface area contributed by atoms with Gasteiger partial charge in [-0.05, 0) is 6.92 Å². The molecular weight excluding hydrogens is 550 g/mol. The molecule has 196 valence electrons. The molecule has 12 nitrogen and oxygen atoms in total. The predicted octanol–water partition coefficient (Wildman–Crippen LogP) is 1.23. The van der Waals surface area contributed by atoms with Crippen LogP contribution < -0.4 is 15.6 Å². The van der Waals surface area contributed by atoms with Crippen molar-refractivity contribution in [2.45, 2.75) is 24.9 Å². The molecular formula is C23H22N7O5S3+. The fourth-order valence-corrected chi connectivity index (χ4v) is 6.81. The largest absolute Gasteiger partial charge is 0.477 e. The first-order chi connectivity index (χ1) is 18.3. The first-order valence-electron chi connectivity index (χ1n) is 11.2. The van der Waals surface area contributed by atoms with E-state index in [4.69, 9.17) is 10.6 Å². The first-order valence-corrected chi connectivity index (χ1v) is 14.0. The van der Waals surface area contributed by atoms with Gasteiger partial charge in [0.15, 0.2) is 29.8 Å². The number of carboxylic acids is 1. The number of thioether (sulfide) groups is 1. The maximum absolute atomic E-state index is 13.1. The number of aryl methyl sites for hydroxylation is 1. The highest BCUT2D eigenvalue weighted by Gasteiger charge is 2.54. The molecule has 2 aliphatic rings. The standard InChI is InChI=1S/C23H21N7O5S3/c1-11-8-36-19(25-11)12-3-5-29(6-4-12)7-13-9-37-21-16(20(32)30(21)17(13)22(33)34)27-18(31)15(28-35-2)14-10-38-23(24)26-14/h3-6,8,10,16,21H,7,9H2,1-2H3,(H3-,24,26,27,31,33,34)/p+1/b28-15-/t16-,21-/m1/s1. The lowest BCUT2D eigenvalue weighted by Gasteiger charge is -2.49. The van der Waals surface area contributed by atoms with E-state index in [2.05, 4.69) is 20.4 Å². The lowest BCUT2D eigenvalue weighted by Crippen LogP contribution is -2.71. The van der Waals surface area contributed by atoms with Gasteiger partial charge in [-0.3, -0.25) is 14.5 Å². The number of nitrogen functional groups attached to an aromatic ring is 1. The van der Waals surface area contributed by atoms with Crippen LogP contribution in [0.5, 0.6) is 0 Å². The molecule has 0 radical (unpaired) electrons. The van der Waals surface area contributed by atoms with E-state index in [0.29, 0.717) is 17.9 Å². The van der Waals surface area contributed by atoms with Crippen molar-refractivity contribution in [2.75, 3.05) is 18.6 Å². The molecule has 2 amide bonds. The molecule has 38 heavy (non-hydrogen) atoms. The average molecular weight is 573 g/mol. The lowest BCUT2D eigenvalue weighted by molar-refractivity contribution is -0.689. The van der Waals surface area contributed by atoms with Crippen LogP contribution in [-0.4, -0.2) is 67.7 Å². The summed E-state index contributed by atoms with van der Waals surface area (Å²) in [5.74, 6) is -2.00. The zero-order valence-electron chi connectivity index (χ0n) is 20.2. The summed E-state index contributed by atoms with van der Waals surface area (Å²) in [6.07, 6.45) is 3.72. The number of oxime groups is 1. The molecule has 0 aliphatic carbocycles. The van der Waals surface area contributed by atoms with Crippen LogP contribution >= 0.6 is 34.4 Å². The van der Waals surface area contributed by atoms with Crippen LogP contribution in [0, 0.1) is 6.92 Å². The molecule has 5 rings (SSSR count). The minimum Gasteiger partial charge on any atom is -0.477 e. The number of anilines is 1. The number of carbonyl (C=O) groups is 3. The SMILES string of the molecule is CO/N=C(\C(=O)N[C@@H]1C(=O)N2C(C(=O)O)=C(C[n+]3ccc(-c4nc(C)cs4)cc3)CS[C@H]12)c1csc(N)n1. The summed E-state index contributed by atoms with van der Waals surface area (Å²) >= 11 is 4.08. The molecule has 15 heteroatoms. The van der Waals surface area contributed by atoms with Gasteiger partial charge in [-0.1, -0.05) is 5.16 Å². The molecule has 1 saturated heterocycles. The normalized spacial score (nSPS) is 19.2. The smallest absolute Gasteiger partial charge is 0.352 e. The lowest BCUT2D eigenvalue weighted by atomic mass is 10.0. The van der Waals surface area contributed by atoms with Crippen molar-refractivity contribution in [1.82, 2.24) is 20.2 Å². The second kappa shape index (κ2) is 10.5. The van der Waals surface area contributed by atoms with E-state index in [1.165, 1.54) is 23.8 Å². The number of β-lactam (4-membered cyclic amide) rings is 1. The minimum absolute atomic E-state index is 0.0607. The summed E-state index contributed by atoms with van der Waals surface area (Å²) in [7, 11) is 1.28. The monoisotopic (exact) mass is 572 g/mol. The van der Waals surface area contributed by atoms with Gasteiger partial charge >= 0.3 is 5.97 Å². The summed E-state index contributed by atoms with van der Waals surface area (Å²) < 4.78 is 1.86. The Balaban J connectivity index is 1.32. The highest BCUT2D eigenvalue weighted by Crippen LogP contribution is 2.40. The summed E-state index contributed by atoms with van der Waals surface area (Å²) in [6.45, 7) is 2.24. The van der Waals surface area contributed by atoms with Crippen molar-refractivity contribution in [1.29, 1.82) is 0 Å². The second-order valence-corrected chi connectivity index (χ2v) is 11.2. The molecule has 0 aromatic carbocycles. The van der Waals surface area contributed by atoms with Crippen molar-refractivity contribution < 1.29 is 28.9 Å². The van der Waals surface area contributed by atoms with Crippen LogP contribution in [0.4, 0.5) is 5.13 Å². The first kappa shape index (κ1) is 25.8. The van der Waals surface area contributed by atoms with E-state index >= 15 is 0 Å². The molecule has 3 aromatic rings. The molecule has 0 bridgehead atoms. The fraction of sp³-hybridized carbons (Fsp3) is 0.261. The van der Waals surface area contributed by atoms with Crippen molar-refractivity contribution in [3.8, 4) is 10.6 Å². The number of hydrogen-bond acceptors (Lipinski definition) is 11. The number of nitrogens with one attached hydrogen (secondary N) is 1. The van der Waals surface area contributed by atoms with Gasteiger partial charge in [0.25, 0.3) is 11.8 Å². The number of thiazole rings is 2. The molecule has 2 aliphatic heterocycles. The maximum atomic E-state index is 13.1. The van der Waals surface area contributed by atoms with Crippen LogP contribution in [0.1, 0.15) is 11.4 Å². The van der Waals surface area contributed by atoms with E-state index < -0.39 is 29.2 Å². The highest BCUT2D eigenvalue weighted by molar-refractivity contribution is 8.00. The molecule has 1 fully saturated rings. The fourth-order valence-electron chi connectivity index (χ4n) is 4.12. The highest BCUT2D eigenvalue weighted by atomic mass is 32.2. The number of carboxylic acid groups (broad SMARTS) is 1. The number of rotatable bonds is 8.